The highest BCUT2D eigenvalue weighted by Crippen LogP contribution is 2.23. The van der Waals surface area contributed by atoms with Gasteiger partial charge in [-0.15, -0.1) is 0 Å². The molecule has 0 aromatic heterocycles. The third-order valence-corrected chi connectivity index (χ3v) is 2.82. The molecule has 2 atom stereocenters. The van der Waals surface area contributed by atoms with Crippen molar-refractivity contribution in [3.05, 3.63) is 47.5 Å². The first-order valence-electron chi connectivity index (χ1n) is 5.13. The lowest BCUT2D eigenvalue weighted by Crippen LogP contribution is -2.19. The number of carbonyl (C=O) groups excluding carboxylic acids is 1. The zero-order valence-corrected chi connectivity index (χ0v) is 10.2. The SMILES string of the molecule is C=CC(=O)OC(C)C(C)c1ccc(Cl)cc1. The molecular formula is C13H15ClO2. The normalized spacial score (nSPS) is 13.9. The molecule has 0 saturated carbocycles. The van der Waals surface area contributed by atoms with Gasteiger partial charge in [0, 0.05) is 17.0 Å². The molecule has 0 bridgehead atoms. The summed E-state index contributed by atoms with van der Waals surface area (Å²) in [5, 5.41) is 0.701. The fraction of sp³-hybridized carbons (Fsp3) is 0.308. The Bertz CT molecular complexity index is 370. The summed E-state index contributed by atoms with van der Waals surface area (Å²) in [6, 6.07) is 7.53. The van der Waals surface area contributed by atoms with E-state index in [1.54, 1.807) is 0 Å². The van der Waals surface area contributed by atoms with E-state index in [1.807, 2.05) is 38.1 Å². The van der Waals surface area contributed by atoms with Gasteiger partial charge in [0.2, 0.25) is 0 Å². The fourth-order valence-electron chi connectivity index (χ4n) is 1.37. The molecule has 0 saturated heterocycles. The number of esters is 1. The summed E-state index contributed by atoms with van der Waals surface area (Å²) in [6.07, 6.45) is 0.983. The highest BCUT2D eigenvalue weighted by Gasteiger charge is 2.17. The molecule has 0 amide bonds. The molecule has 86 valence electrons. The lowest BCUT2D eigenvalue weighted by atomic mass is 9.96. The van der Waals surface area contributed by atoms with Crippen molar-refractivity contribution in [2.75, 3.05) is 0 Å². The molecule has 0 heterocycles. The Labute approximate surface area is 101 Å². The lowest BCUT2D eigenvalue weighted by molar-refractivity contribution is -0.143. The van der Waals surface area contributed by atoms with Crippen molar-refractivity contribution < 1.29 is 9.53 Å². The second-order valence-corrected chi connectivity index (χ2v) is 4.12. The Morgan fingerprint density at radius 1 is 1.38 bits per heavy atom. The van der Waals surface area contributed by atoms with Crippen molar-refractivity contribution in [2.45, 2.75) is 25.9 Å². The van der Waals surface area contributed by atoms with Gasteiger partial charge in [-0.1, -0.05) is 37.2 Å². The lowest BCUT2D eigenvalue weighted by Gasteiger charge is -2.20. The van der Waals surface area contributed by atoms with E-state index >= 15 is 0 Å². The van der Waals surface area contributed by atoms with Crippen LogP contribution in [0, 0.1) is 0 Å². The van der Waals surface area contributed by atoms with E-state index in [0.29, 0.717) is 5.02 Å². The molecule has 0 N–H and O–H groups in total. The van der Waals surface area contributed by atoms with Gasteiger partial charge in [0.1, 0.15) is 6.10 Å². The molecule has 3 heteroatoms. The van der Waals surface area contributed by atoms with Crippen LogP contribution in [0.3, 0.4) is 0 Å². The number of halogens is 1. The summed E-state index contributed by atoms with van der Waals surface area (Å²) in [5.74, 6) is -0.269. The van der Waals surface area contributed by atoms with E-state index in [4.69, 9.17) is 16.3 Å². The smallest absolute Gasteiger partial charge is 0.330 e. The Kier molecular flexibility index (Phi) is 4.56. The van der Waals surface area contributed by atoms with Crippen LogP contribution in [0.25, 0.3) is 0 Å². The summed E-state index contributed by atoms with van der Waals surface area (Å²) in [5.41, 5.74) is 1.09. The van der Waals surface area contributed by atoms with E-state index in [0.717, 1.165) is 5.56 Å². The predicted octanol–water partition coefficient (Wildman–Crippen LogP) is 3.56. The fourth-order valence-corrected chi connectivity index (χ4v) is 1.50. The Hall–Kier alpha value is -1.28. The summed E-state index contributed by atoms with van der Waals surface area (Å²) < 4.78 is 5.16. The average Bonchev–Trinajstić information content (AvgIpc) is 2.28. The third kappa shape index (κ3) is 3.38. The predicted molar refractivity (Wildman–Crippen MR) is 65.6 cm³/mol. The van der Waals surface area contributed by atoms with Crippen LogP contribution in [0.4, 0.5) is 0 Å². The van der Waals surface area contributed by atoms with E-state index < -0.39 is 5.97 Å². The van der Waals surface area contributed by atoms with Crippen LogP contribution in [-0.4, -0.2) is 12.1 Å². The van der Waals surface area contributed by atoms with Crippen LogP contribution < -0.4 is 0 Å². The van der Waals surface area contributed by atoms with Crippen molar-refractivity contribution in [1.82, 2.24) is 0 Å². The summed E-state index contributed by atoms with van der Waals surface area (Å²) in [4.78, 5) is 11.1. The standard InChI is InChI=1S/C13H15ClO2/c1-4-13(15)16-10(3)9(2)11-5-7-12(14)8-6-11/h4-10H,1H2,2-3H3. The molecule has 0 spiro atoms. The first-order chi connectivity index (χ1) is 7.54. The van der Waals surface area contributed by atoms with Gasteiger partial charge in [-0.3, -0.25) is 0 Å². The Morgan fingerprint density at radius 2 is 1.94 bits per heavy atom. The van der Waals surface area contributed by atoms with E-state index in [2.05, 4.69) is 6.58 Å². The van der Waals surface area contributed by atoms with Crippen molar-refractivity contribution in [3.63, 3.8) is 0 Å². The van der Waals surface area contributed by atoms with Crippen LogP contribution in [0.5, 0.6) is 0 Å². The molecule has 1 aromatic carbocycles. The molecule has 2 unspecified atom stereocenters. The number of rotatable bonds is 4. The molecule has 1 aromatic rings. The van der Waals surface area contributed by atoms with Crippen LogP contribution in [0.15, 0.2) is 36.9 Å². The van der Waals surface area contributed by atoms with Gasteiger partial charge < -0.3 is 4.74 Å². The zero-order chi connectivity index (χ0) is 12.1. The van der Waals surface area contributed by atoms with Gasteiger partial charge >= 0.3 is 5.97 Å². The van der Waals surface area contributed by atoms with Gasteiger partial charge in [0.25, 0.3) is 0 Å². The number of hydrogen-bond donors (Lipinski definition) is 0. The molecular weight excluding hydrogens is 224 g/mol. The van der Waals surface area contributed by atoms with Gasteiger partial charge in [-0.05, 0) is 24.6 Å². The van der Waals surface area contributed by atoms with Crippen LogP contribution in [0.1, 0.15) is 25.3 Å². The second-order valence-electron chi connectivity index (χ2n) is 3.69. The Morgan fingerprint density at radius 3 is 2.44 bits per heavy atom. The minimum atomic E-state index is -0.395. The first kappa shape index (κ1) is 12.8. The number of benzene rings is 1. The highest BCUT2D eigenvalue weighted by atomic mass is 35.5. The molecule has 0 aliphatic heterocycles. The summed E-state index contributed by atoms with van der Waals surface area (Å²) in [6.45, 7) is 7.23. The maximum absolute atomic E-state index is 11.1. The summed E-state index contributed by atoms with van der Waals surface area (Å²) in [7, 11) is 0. The molecule has 0 radical (unpaired) electrons. The number of hydrogen-bond acceptors (Lipinski definition) is 2. The van der Waals surface area contributed by atoms with Gasteiger partial charge in [0.15, 0.2) is 0 Å². The number of carbonyl (C=O) groups is 1. The monoisotopic (exact) mass is 238 g/mol. The van der Waals surface area contributed by atoms with Crippen molar-refractivity contribution >= 4 is 17.6 Å². The maximum atomic E-state index is 11.1. The molecule has 16 heavy (non-hydrogen) atoms. The minimum absolute atomic E-state index is 0.126. The Balaban J connectivity index is 2.69. The van der Waals surface area contributed by atoms with Crippen LogP contribution in [0.2, 0.25) is 5.02 Å². The molecule has 0 aliphatic rings. The topological polar surface area (TPSA) is 26.3 Å². The molecule has 0 aliphatic carbocycles. The number of ether oxygens (including phenoxy) is 1. The van der Waals surface area contributed by atoms with Crippen molar-refractivity contribution in [1.29, 1.82) is 0 Å². The quantitative estimate of drug-likeness (QED) is 0.592. The van der Waals surface area contributed by atoms with Gasteiger partial charge in [-0.2, -0.15) is 0 Å². The summed E-state index contributed by atoms with van der Waals surface area (Å²) >= 11 is 5.80. The first-order valence-corrected chi connectivity index (χ1v) is 5.51. The second kappa shape index (κ2) is 5.71. The minimum Gasteiger partial charge on any atom is -0.459 e. The van der Waals surface area contributed by atoms with E-state index in [9.17, 15) is 4.79 Å². The highest BCUT2D eigenvalue weighted by molar-refractivity contribution is 6.30. The van der Waals surface area contributed by atoms with Gasteiger partial charge in [-0.25, -0.2) is 4.79 Å². The van der Waals surface area contributed by atoms with E-state index in [-0.39, 0.29) is 12.0 Å². The maximum Gasteiger partial charge on any atom is 0.330 e. The van der Waals surface area contributed by atoms with E-state index in [1.165, 1.54) is 6.08 Å². The molecule has 1 rings (SSSR count). The van der Waals surface area contributed by atoms with Gasteiger partial charge in [0.05, 0.1) is 0 Å². The van der Waals surface area contributed by atoms with Crippen LogP contribution >= 0.6 is 11.6 Å². The zero-order valence-electron chi connectivity index (χ0n) is 9.44. The van der Waals surface area contributed by atoms with Crippen LogP contribution in [-0.2, 0) is 9.53 Å². The van der Waals surface area contributed by atoms with Crippen molar-refractivity contribution in [2.24, 2.45) is 0 Å². The largest absolute Gasteiger partial charge is 0.459 e. The molecule has 2 nitrogen and oxygen atoms in total. The molecule has 0 fully saturated rings. The van der Waals surface area contributed by atoms with Crippen molar-refractivity contribution in [3.8, 4) is 0 Å². The third-order valence-electron chi connectivity index (χ3n) is 2.57. The average molecular weight is 239 g/mol.